The number of carbonyl (C=O) groups excluding carboxylic acids is 2. The van der Waals surface area contributed by atoms with Gasteiger partial charge in [0.25, 0.3) is 0 Å². The predicted molar refractivity (Wildman–Crippen MR) is 59.7 cm³/mol. The molecule has 94 valence electrons. The van der Waals surface area contributed by atoms with E-state index in [0.29, 0.717) is 6.07 Å². The largest absolute Gasteiger partial charge is 0.417 e. The molecule has 0 atom stereocenters. The first kappa shape index (κ1) is 14.4. The molecule has 0 fully saturated rings. The van der Waals surface area contributed by atoms with Gasteiger partial charge in [0, 0.05) is 11.1 Å². The van der Waals surface area contributed by atoms with E-state index in [9.17, 15) is 22.8 Å². The van der Waals surface area contributed by atoms with Crippen LogP contribution >= 0.6 is 15.9 Å². The molecular formula is C11H5BrF3NO2. The lowest BCUT2D eigenvalue weighted by molar-refractivity contribution is -0.137. The van der Waals surface area contributed by atoms with Crippen LogP contribution in [-0.2, 0) is 6.18 Å². The quantitative estimate of drug-likeness (QED) is 0.489. The Morgan fingerprint density at radius 2 is 2.06 bits per heavy atom. The van der Waals surface area contributed by atoms with Gasteiger partial charge in [-0.2, -0.15) is 18.4 Å². The van der Waals surface area contributed by atoms with E-state index >= 15 is 0 Å². The van der Waals surface area contributed by atoms with Gasteiger partial charge in [0.15, 0.2) is 12.1 Å². The SMILES string of the molecule is N#Cc1cc(C(=O)CBr)c(C=O)c(C(F)(F)F)c1. The summed E-state index contributed by atoms with van der Waals surface area (Å²) in [6.07, 6.45) is -4.83. The maximum atomic E-state index is 12.7. The van der Waals surface area contributed by atoms with Crippen molar-refractivity contribution in [1.29, 1.82) is 5.26 Å². The van der Waals surface area contributed by atoms with Crippen molar-refractivity contribution in [3.8, 4) is 6.07 Å². The Morgan fingerprint density at radius 1 is 1.44 bits per heavy atom. The van der Waals surface area contributed by atoms with E-state index in [1.807, 2.05) is 0 Å². The molecule has 0 aliphatic carbocycles. The topological polar surface area (TPSA) is 57.9 Å². The lowest BCUT2D eigenvalue weighted by atomic mass is 9.96. The van der Waals surface area contributed by atoms with Crippen molar-refractivity contribution in [3.63, 3.8) is 0 Å². The number of alkyl halides is 4. The third kappa shape index (κ3) is 2.76. The zero-order valence-electron chi connectivity index (χ0n) is 8.71. The third-order valence-electron chi connectivity index (χ3n) is 2.15. The molecule has 0 heterocycles. The summed E-state index contributed by atoms with van der Waals surface area (Å²) in [7, 11) is 0. The highest BCUT2D eigenvalue weighted by molar-refractivity contribution is 9.09. The molecular weight excluding hydrogens is 315 g/mol. The van der Waals surface area contributed by atoms with Crippen LogP contribution in [0.1, 0.15) is 31.8 Å². The Morgan fingerprint density at radius 3 is 2.44 bits per heavy atom. The van der Waals surface area contributed by atoms with Crippen molar-refractivity contribution in [2.75, 3.05) is 5.33 Å². The summed E-state index contributed by atoms with van der Waals surface area (Å²) in [5, 5.41) is 8.41. The van der Waals surface area contributed by atoms with Gasteiger partial charge >= 0.3 is 6.18 Å². The Kier molecular flexibility index (Phi) is 4.24. The number of halogens is 4. The zero-order chi connectivity index (χ0) is 13.9. The number of aldehydes is 1. The number of hydrogen-bond acceptors (Lipinski definition) is 3. The maximum Gasteiger partial charge on any atom is 0.417 e. The number of nitrogens with zero attached hydrogens (tertiary/aromatic N) is 1. The average Bonchev–Trinajstić information content (AvgIpc) is 2.34. The number of benzene rings is 1. The molecule has 18 heavy (non-hydrogen) atoms. The van der Waals surface area contributed by atoms with Crippen molar-refractivity contribution in [2.45, 2.75) is 6.18 Å². The minimum Gasteiger partial charge on any atom is -0.298 e. The predicted octanol–water partition coefficient (Wildman–Crippen LogP) is 2.97. The number of Topliss-reactive ketones (excluding diaryl/α,β-unsaturated/α-hetero) is 1. The Balaban J connectivity index is 3.67. The zero-order valence-corrected chi connectivity index (χ0v) is 10.3. The highest BCUT2D eigenvalue weighted by Gasteiger charge is 2.35. The summed E-state index contributed by atoms with van der Waals surface area (Å²) in [5.41, 5.74) is -2.75. The van der Waals surface area contributed by atoms with Gasteiger partial charge < -0.3 is 0 Å². The maximum absolute atomic E-state index is 12.7. The normalized spacial score (nSPS) is 10.8. The van der Waals surface area contributed by atoms with E-state index in [2.05, 4.69) is 15.9 Å². The molecule has 3 nitrogen and oxygen atoms in total. The van der Waals surface area contributed by atoms with Crippen molar-refractivity contribution in [1.82, 2.24) is 0 Å². The molecule has 7 heteroatoms. The number of ketones is 1. The second kappa shape index (κ2) is 5.31. The van der Waals surface area contributed by atoms with E-state index in [4.69, 9.17) is 5.26 Å². The van der Waals surface area contributed by atoms with Gasteiger partial charge in [0.05, 0.1) is 22.5 Å². The van der Waals surface area contributed by atoms with Crippen LogP contribution in [0.3, 0.4) is 0 Å². The third-order valence-corrected chi connectivity index (χ3v) is 2.66. The molecule has 0 saturated heterocycles. The van der Waals surface area contributed by atoms with Crippen LogP contribution in [0.25, 0.3) is 0 Å². The fraction of sp³-hybridized carbons (Fsp3) is 0.182. The van der Waals surface area contributed by atoms with Gasteiger partial charge in [0.2, 0.25) is 0 Å². The molecule has 0 N–H and O–H groups in total. The van der Waals surface area contributed by atoms with Crippen LogP contribution in [0, 0.1) is 11.3 Å². The van der Waals surface area contributed by atoms with Crippen molar-refractivity contribution in [2.24, 2.45) is 0 Å². The number of rotatable bonds is 3. The first-order chi connectivity index (χ1) is 8.35. The lowest BCUT2D eigenvalue weighted by Crippen LogP contribution is -2.15. The van der Waals surface area contributed by atoms with Crippen LogP contribution in [0.15, 0.2) is 12.1 Å². The Labute approximate surface area is 108 Å². The molecule has 0 aliphatic rings. The van der Waals surface area contributed by atoms with Gasteiger partial charge in [-0.05, 0) is 12.1 Å². The molecule has 0 spiro atoms. The van der Waals surface area contributed by atoms with E-state index in [1.165, 1.54) is 6.07 Å². The molecule has 0 radical (unpaired) electrons. The van der Waals surface area contributed by atoms with E-state index in [1.54, 1.807) is 0 Å². The smallest absolute Gasteiger partial charge is 0.298 e. The first-order valence-electron chi connectivity index (χ1n) is 4.54. The van der Waals surface area contributed by atoms with Crippen LogP contribution in [0.4, 0.5) is 13.2 Å². The summed E-state index contributed by atoms with van der Waals surface area (Å²) in [6.45, 7) is 0. The molecule has 0 unspecified atom stereocenters. The molecule has 0 aliphatic heterocycles. The van der Waals surface area contributed by atoms with Crippen LogP contribution in [-0.4, -0.2) is 17.4 Å². The standard InChI is InChI=1S/C11H5BrF3NO2/c12-3-10(18)7-1-6(4-16)2-9(8(7)5-17)11(13,14)15/h1-2,5H,3H2. The summed E-state index contributed by atoms with van der Waals surface area (Å²) in [5.74, 6) is -0.695. The fourth-order valence-electron chi connectivity index (χ4n) is 1.38. The summed E-state index contributed by atoms with van der Waals surface area (Å²) in [4.78, 5) is 22.2. The minimum absolute atomic E-state index is 0.0279. The summed E-state index contributed by atoms with van der Waals surface area (Å²) >= 11 is 2.81. The van der Waals surface area contributed by atoms with E-state index < -0.39 is 28.6 Å². The highest BCUT2D eigenvalue weighted by Crippen LogP contribution is 2.33. The molecule has 0 bridgehead atoms. The lowest BCUT2D eigenvalue weighted by Gasteiger charge is -2.12. The van der Waals surface area contributed by atoms with Crippen LogP contribution in [0.5, 0.6) is 0 Å². The molecule has 1 aromatic carbocycles. The van der Waals surface area contributed by atoms with Gasteiger partial charge in [-0.3, -0.25) is 9.59 Å². The van der Waals surface area contributed by atoms with Crippen molar-refractivity contribution in [3.05, 3.63) is 34.4 Å². The molecule has 1 rings (SSSR count). The summed E-state index contributed by atoms with van der Waals surface area (Å²) in [6, 6.07) is 3.05. The van der Waals surface area contributed by atoms with Crippen molar-refractivity contribution >= 4 is 28.0 Å². The molecule has 0 saturated carbocycles. The van der Waals surface area contributed by atoms with Gasteiger partial charge in [-0.1, -0.05) is 15.9 Å². The van der Waals surface area contributed by atoms with E-state index in [-0.39, 0.29) is 17.2 Å². The van der Waals surface area contributed by atoms with E-state index in [0.717, 1.165) is 6.07 Å². The van der Waals surface area contributed by atoms with Gasteiger partial charge in [-0.15, -0.1) is 0 Å². The monoisotopic (exact) mass is 319 g/mol. The molecule has 0 amide bonds. The summed E-state index contributed by atoms with van der Waals surface area (Å²) < 4.78 is 38.1. The number of carbonyl (C=O) groups is 2. The van der Waals surface area contributed by atoms with Crippen LogP contribution < -0.4 is 0 Å². The molecule has 1 aromatic rings. The number of hydrogen-bond donors (Lipinski definition) is 0. The molecule has 0 aromatic heterocycles. The first-order valence-corrected chi connectivity index (χ1v) is 5.67. The van der Waals surface area contributed by atoms with Crippen LogP contribution in [0.2, 0.25) is 0 Å². The Hall–Kier alpha value is -1.68. The Bertz CT molecular complexity index is 546. The second-order valence-electron chi connectivity index (χ2n) is 3.27. The number of nitriles is 1. The second-order valence-corrected chi connectivity index (χ2v) is 3.83. The highest BCUT2D eigenvalue weighted by atomic mass is 79.9. The van der Waals surface area contributed by atoms with Crippen molar-refractivity contribution < 1.29 is 22.8 Å². The van der Waals surface area contributed by atoms with Gasteiger partial charge in [-0.25, -0.2) is 0 Å². The fourth-order valence-corrected chi connectivity index (χ4v) is 1.68. The van der Waals surface area contributed by atoms with Gasteiger partial charge in [0.1, 0.15) is 0 Å². The average molecular weight is 320 g/mol. The minimum atomic E-state index is -4.80.